The number of para-hydroxylation sites is 1. The van der Waals surface area contributed by atoms with Crippen molar-refractivity contribution in [2.24, 2.45) is 5.92 Å². The van der Waals surface area contributed by atoms with Crippen LogP contribution in [0.5, 0.6) is 0 Å². The van der Waals surface area contributed by atoms with Crippen LogP contribution in [-0.2, 0) is 19.3 Å². The molecule has 0 aliphatic heterocycles. The zero-order valence-electron chi connectivity index (χ0n) is 11.5. The molecule has 0 fully saturated rings. The highest BCUT2D eigenvalue weighted by atomic mass is 32.1. The van der Waals surface area contributed by atoms with Crippen LogP contribution in [0.2, 0.25) is 0 Å². The second-order valence-electron chi connectivity index (χ2n) is 5.66. The summed E-state index contributed by atoms with van der Waals surface area (Å²) in [5, 5.41) is 8.84. The molecule has 1 aromatic carbocycles. The molecular formula is C16H17N3S. The van der Waals surface area contributed by atoms with Crippen LogP contribution < -0.4 is 0 Å². The van der Waals surface area contributed by atoms with Gasteiger partial charge < -0.3 is 0 Å². The Hall–Kier alpha value is -1.68. The van der Waals surface area contributed by atoms with Gasteiger partial charge in [0, 0.05) is 12.1 Å². The first-order chi connectivity index (χ1) is 9.79. The molecule has 2 heterocycles. The average molecular weight is 283 g/mol. The quantitative estimate of drug-likeness (QED) is 0.779. The van der Waals surface area contributed by atoms with E-state index >= 15 is 0 Å². The lowest BCUT2D eigenvalue weighted by Gasteiger charge is -2.20. The predicted octanol–water partition coefficient (Wildman–Crippen LogP) is 3.68. The fourth-order valence-electron chi connectivity index (χ4n) is 3.16. The van der Waals surface area contributed by atoms with Crippen molar-refractivity contribution in [1.29, 1.82) is 0 Å². The fraction of sp³-hybridized carbons (Fsp3) is 0.375. The number of nitrogens with zero attached hydrogens (tertiary/aromatic N) is 2. The summed E-state index contributed by atoms with van der Waals surface area (Å²) in [6.07, 6.45) is 4.59. The molecule has 1 N–H and O–H groups in total. The number of aryl methyl sites for hydroxylation is 1. The van der Waals surface area contributed by atoms with E-state index in [9.17, 15) is 0 Å². The number of thiazole rings is 1. The van der Waals surface area contributed by atoms with E-state index in [-0.39, 0.29) is 0 Å². The summed E-state index contributed by atoms with van der Waals surface area (Å²) in [4.78, 5) is 4.76. The van der Waals surface area contributed by atoms with Gasteiger partial charge in [-0.2, -0.15) is 5.10 Å². The lowest BCUT2D eigenvalue weighted by atomic mass is 9.85. The van der Waals surface area contributed by atoms with E-state index in [0.29, 0.717) is 5.92 Å². The van der Waals surface area contributed by atoms with Crippen molar-refractivity contribution in [2.75, 3.05) is 0 Å². The molecule has 1 aliphatic carbocycles. The highest BCUT2D eigenvalue weighted by Crippen LogP contribution is 2.30. The minimum Gasteiger partial charge on any atom is -0.282 e. The zero-order chi connectivity index (χ0) is 13.5. The number of aromatic nitrogens is 3. The monoisotopic (exact) mass is 283 g/mol. The first kappa shape index (κ1) is 12.1. The van der Waals surface area contributed by atoms with Gasteiger partial charge in [0.25, 0.3) is 0 Å². The molecule has 0 saturated carbocycles. The number of hydrogen-bond acceptors (Lipinski definition) is 3. The lowest BCUT2D eigenvalue weighted by Crippen LogP contribution is -2.16. The molecule has 1 aliphatic rings. The number of rotatable bonds is 2. The first-order valence-corrected chi connectivity index (χ1v) is 7.98. The summed E-state index contributed by atoms with van der Waals surface area (Å²) in [5.74, 6) is 0.686. The number of H-pyrrole nitrogens is 1. The molecule has 0 bridgehead atoms. The van der Waals surface area contributed by atoms with Crippen LogP contribution >= 0.6 is 11.3 Å². The lowest BCUT2D eigenvalue weighted by molar-refractivity contribution is 0.450. The molecule has 3 aromatic rings. The van der Waals surface area contributed by atoms with Gasteiger partial charge in [0.15, 0.2) is 0 Å². The van der Waals surface area contributed by atoms with Crippen LogP contribution in [0.15, 0.2) is 24.3 Å². The summed E-state index contributed by atoms with van der Waals surface area (Å²) in [7, 11) is 0. The molecule has 4 heteroatoms. The van der Waals surface area contributed by atoms with Crippen LogP contribution in [0.1, 0.15) is 28.4 Å². The highest BCUT2D eigenvalue weighted by Gasteiger charge is 2.23. The predicted molar refractivity (Wildman–Crippen MR) is 82.2 cm³/mol. The summed E-state index contributed by atoms with van der Waals surface area (Å²) >= 11 is 1.84. The topological polar surface area (TPSA) is 41.6 Å². The second kappa shape index (κ2) is 4.70. The largest absolute Gasteiger partial charge is 0.282 e. The number of aromatic amines is 1. The van der Waals surface area contributed by atoms with E-state index in [1.165, 1.54) is 33.1 Å². The molecule has 0 saturated heterocycles. The summed E-state index contributed by atoms with van der Waals surface area (Å²) < 4.78 is 1.30. The SMILES string of the molecule is Cc1[nH]nc2c1CCC(Cc1nc3ccccc3s1)C2. The Bertz CT molecular complexity index is 723. The minimum atomic E-state index is 0.686. The third-order valence-corrected chi connectivity index (χ3v) is 5.30. The number of nitrogens with one attached hydrogen (secondary N) is 1. The normalized spacial score (nSPS) is 18.4. The van der Waals surface area contributed by atoms with Crippen LogP contribution in [0.4, 0.5) is 0 Å². The van der Waals surface area contributed by atoms with Crippen molar-refractivity contribution in [2.45, 2.75) is 32.6 Å². The molecular weight excluding hydrogens is 266 g/mol. The van der Waals surface area contributed by atoms with E-state index in [2.05, 4.69) is 41.4 Å². The summed E-state index contributed by atoms with van der Waals surface area (Å²) in [6.45, 7) is 2.12. The van der Waals surface area contributed by atoms with Gasteiger partial charge in [0.05, 0.1) is 20.9 Å². The van der Waals surface area contributed by atoms with Gasteiger partial charge in [-0.3, -0.25) is 5.10 Å². The Morgan fingerprint density at radius 3 is 3.15 bits per heavy atom. The van der Waals surface area contributed by atoms with Crippen molar-refractivity contribution in [1.82, 2.24) is 15.2 Å². The minimum absolute atomic E-state index is 0.686. The maximum Gasteiger partial charge on any atom is 0.0941 e. The van der Waals surface area contributed by atoms with Crippen molar-refractivity contribution in [3.05, 3.63) is 46.2 Å². The zero-order valence-corrected chi connectivity index (χ0v) is 12.3. The van der Waals surface area contributed by atoms with Gasteiger partial charge in [-0.05, 0) is 49.8 Å². The Labute approximate surface area is 122 Å². The van der Waals surface area contributed by atoms with E-state index in [4.69, 9.17) is 4.98 Å². The maximum absolute atomic E-state index is 4.76. The van der Waals surface area contributed by atoms with Crippen molar-refractivity contribution in [3.63, 3.8) is 0 Å². The molecule has 2 aromatic heterocycles. The van der Waals surface area contributed by atoms with Crippen molar-refractivity contribution < 1.29 is 0 Å². The second-order valence-corrected chi connectivity index (χ2v) is 6.78. The molecule has 1 unspecified atom stereocenters. The Kier molecular flexibility index (Phi) is 2.84. The molecule has 1 atom stereocenters. The molecule has 0 spiro atoms. The Balaban J connectivity index is 1.55. The van der Waals surface area contributed by atoms with Gasteiger partial charge in [-0.1, -0.05) is 12.1 Å². The Morgan fingerprint density at radius 1 is 1.35 bits per heavy atom. The summed E-state index contributed by atoms with van der Waals surface area (Å²) in [5.41, 5.74) is 5.11. The van der Waals surface area contributed by atoms with Crippen LogP contribution in [0.25, 0.3) is 10.2 Å². The average Bonchev–Trinajstić information content (AvgIpc) is 3.02. The van der Waals surface area contributed by atoms with Crippen LogP contribution in [0, 0.1) is 12.8 Å². The molecule has 20 heavy (non-hydrogen) atoms. The van der Waals surface area contributed by atoms with Crippen LogP contribution in [-0.4, -0.2) is 15.2 Å². The fourth-order valence-corrected chi connectivity index (χ4v) is 4.24. The number of fused-ring (bicyclic) bond motifs is 2. The van der Waals surface area contributed by atoms with Gasteiger partial charge in [-0.25, -0.2) is 4.98 Å². The molecule has 102 valence electrons. The molecule has 4 rings (SSSR count). The van der Waals surface area contributed by atoms with E-state index in [1.807, 2.05) is 11.3 Å². The number of hydrogen-bond donors (Lipinski definition) is 1. The first-order valence-electron chi connectivity index (χ1n) is 7.17. The third-order valence-electron chi connectivity index (χ3n) is 4.25. The maximum atomic E-state index is 4.76. The van der Waals surface area contributed by atoms with E-state index in [0.717, 1.165) is 24.8 Å². The standard InChI is InChI=1S/C16H17N3S/c1-10-12-7-6-11(8-14(12)19-18-10)9-16-17-13-4-2-3-5-15(13)20-16/h2-5,11H,6-9H2,1H3,(H,18,19). The number of benzene rings is 1. The Morgan fingerprint density at radius 2 is 2.25 bits per heavy atom. The smallest absolute Gasteiger partial charge is 0.0941 e. The van der Waals surface area contributed by atoms with Crippen molar-refractivity contribution in [3.8, 4) is 0 Å². The molecule has 3 nitrogen and oxygen atoms in total. The van der Waals surface area contributed by atoms with Crippen LogP contribution in [0.3, 0.4) is 0 Å². The third kappa shape index (κ3) is 2.04. The molecule has 0 amide bonds. The van der Waals surface area contributed by atoms with Gasteiger partial charge in [0.1, 0.15) is 0 Å². The highest BCUT2D eigenvalue weighted by molar-refractivity contribution is 7.18. The van der Waals surface area contributed by atoms with Gasteiger partial charge >= 0.3 is 0 Å². The van der Waals surface area contributed by atoms with Gasteiger partial charge in [-0.15, -0.1) is 11.3 Å². The van der Waals surface area contributed by atoms with Crippen molar-refractivity contribution >= 4 is 21.6 Å². The summed E-state index contributed by atoms with van der Waals surface area (Å²) in [6, 6.07) is 8.41. The van der Waals surface area contributed by atoms with E-state index in [1.54, 1.807) is 0 Å². The van der Waals surface area contributed by atoms with E-state index < -0.39 is 0 Å². The van der Waals surface area contributed by atoms with Gasteiger partial charge in [0.2, 0.25) is 0 Å². The molecule has 0 radical (unpaired) electrons.